The molecule has 1 fully saturated rings. The molecule has 0 unspecified atom stereocenters. The fraction of sp³-hybridized carbons (Fsp3) is 0.800. The third-order valence-electron chi connectivity index (χ3n) is 7.89. The summed E-state index contributed by atoms with van der Waals surface area (Å²) in [5, 5.41) is 0. The first-order valence-corrected chi connectivity index (χ1v) is 16.5. The van der Waals surface area contributed by atoms with Gasteiger partial charge in [-0.25, -0.2) is 8.42 Å². The van der Waals surface area contributed by atoms with E-state index >= 15 is 0 Å². The third kappa shape index (κ3) is 12.1. The van der Waals surface area contributed by atoms with Crippen molar-refractivity contribution < 1.29 is 26.3 Å². The van der Waals surface area contributed by atoms with Gasteiger partial charge in [0.15, 0.2) is 0 Å². The molecule has 0 saturated heterocycles. The first-order valence-electron chi connectivity index (χ1n) is 15.1. The van der Waals surface area contributed by atoms with Crippen molar-refractivity contribution in [2.45, 2.75) is 127 Å². The minimum Gasteiger partial charge on any atom is -0.378 e. The lowest BCUT2D eigenvalue weighted by Gasteiger charge is -2.34. The molecule has 1 saturated carbocycles. The molecule has 39 heavy (non-hydrogen) atoms. The molecule has 9 heteroatoms. The molecule has 1 aliphatic carbocycles. The smallest absolute Gasteiger partial charge is 0.378 e. The van der Waals surface area contributed by atoms with E-state index in [0.29, 0.717) is 12.8 Å². The van der Waals surface area contributed by atoms with E-state index in [0.717, 1.165) is 50.1 Å². The van der Waals surface area contributed by atoms with E-state index in [4.69, 9.17) is 4.74 Å². The normalized spacial score (nSPS) is 18.8. The predicted molar refractivity (Wildman–Crippen MR) is 152 cm³/mol. The van der Waals surface area contributed by atoms with Crippen LogP contribution in [0.4, 0.5) is 13.2 Å². The largest absolute Gasteiger partial charge is 0.416 e. The van der Waals surface area contributed by atoms with Gasteiger partial charge < -0.3 is 9.64 Å². The van der Waals surface area contributed by atoms with Gasteiger partial charge in [-0.3, -0.25) is 0 Å². The number of unbranched alkanes of at least 4 members (excludes halogenated alkanes) is 7. The van der Waals surface area contributed by atoms with Crippen molar-refractivity contribution in [3.8, 4) is 0 Å². The van der Waals surface area contributed by atoms with Gasteiger partial charge >= 0.3 is 6.18 Å². The Labute approximate surface area is 235 Å². The number of hydrogen-bond donors (Lipinski definition) is 0. The molecule has 226 valence electrons. The van der Waals surface area contributed by atoms with Crippen LogP contribution >= 0.6 is 0 Å². The predicted octanol–water partition coefficient (Wildman–Crippen LogP) is 7.90. The lowest BCUT2D eigenvalue weighted by molar-refractivity contribution is -0.137. The highest BCUT2D eigenvalue weighted by Crippen LogP contribution is 2.32. The van der Waals surface area contributed by atoms with Crippen LogP contribution in [0.25, 0.3) is 0 Å². The molecular formula is C30H51F3N2O3S. The molecule has 0 bridgehead atoms. The third-order valence-corrected chi connectivity index (χ3v) is 9.82. The Bertz CT molecular complexity index is 876. The number of hydrogen-bond acceptors (Lipinski definition) is 4. The summed E-state index contributed by atoms with van der Waals surface area (Å²) in [4.78, 5) is 2.54. The zero-order valence-corrected chi connectivity index (χ0v) is 25.2. The Hall–Kier alpha value is -1.16. The molecule has 0 aliphatic heterocycles. The maximum Gasteiger partial charge on any atom is 0.416 e. The monoisotopic (exact) mass is 576 g/mol. The van der Waals surface area contributed by atoms with Crippen LogP contribution in [-0.2, 0) is 20.9 Å². The standard InChI is InChI=1S/C30H51F3N2O3S/c1-4-6-10-22-35(23-11-7-5-2)24-12-8-9-13-25-38-28-18-16-27(17-19-28)34(3)39(36,37)29-20-14-26(15-21-29)30(31,32)33/h14-15,20-21,27-28H,4-13,16-19,22-25H2,1-3H3/t27-,28-. The Morgan fingerprint density at radius 2 is 1.31 bits per heavy atom. The number of ether oxygens (including phenoxy) is 1. The number of alkyl halides is 3. The van der Waals surface area contributed by atoms with Crippen LogP contribution in [0.3, 0.4) is 0 Å². The fourth-order valence-corrected chi connectivity index (χ4v) is 6.72. The van der Waals surface area contributed by atoms with Crippen LogP contribution in [-0.4, -0.2) is 63.1 Å². The second-order valence-electron chi connectivity index (χ2n) is 11.0. The van der Waals surface area contributed by atoms with Crippen molar-refractivity contribution in [2.24, 2.45) is 0 Å². The van der Waals surface area contributed by atoms with E-state index in [1.807, 2.05) is 0 Å². The van der Waals surface area contributed by atoms with E-state index in [-0.39, 0.29) is 17.0 Å². The van der Waals surface area contributed by atoms with Crippen LogP contribution in [0.15, 0.2) is 29.2 Å². The fourth-order valence-electron chi connectivity index (χ4n) is 5.30. The minimum atomic E-state index is -4.49. The highest BCUT2D eigenvalue weighted by molar-refractivity contribution is 7.89. The minimum absolute atomic E-state index is 0.110. The molecule has 0 heterocycles. The van der Waals surface area contributed by atoms with Crippen LogP contribution in [0.1, 0.15) is 109 Å². The van der Waals surface area contributed by atoms with Gasteiger partial charge in [0.2, 0.25) is 10.0 Å². The number of rotatable bonds is 19. The summed E-state index contributed by atoms with van der Waals surface area (Å²) >= 11 is 0. The second-order valence-corrected chi connectivity index (χ2v) is 13.0. The molecule has 1 aliphatic rings. The van der Waals surface area contributed by atoms with Crippen LogP contribution in [0, 0.1) is 0 Å². The summed E-state index contributed by atoms with van der Waals surface area (Å²) in [6.07, 6.45) is 11.1. The molecule has 1 aromatic carbocycles. The quantitative estimate of drug-likeness (QED) is 0.157. The van der Waals surface area contributed by atoms with Gasteiger partial charge in [0.25, 0.3) is 0 Å². The average molecular weight is 577 g/mol. The second kappa shape index (κ2) is 17.6. The highest BCUT2D eigenvalue weighted by atomic mass is 32.2. The van der Waals surface area contributed by atoms with Gasteiger partial charge in [-0.2, -0.15) is 17.5 Å². The summed E-state index contributed by atoms with van der Waals surface area (Å²) in [5.74, 6) is 0. The summed E-state index contributed by atoms with van der Waals surface area (Å²) in [5.41, 5.74) is -0.853. The van der Waals surface area contributed by atoms with Crippen LogP contribution < -0.4 is 0 Å². The first kappa shape index (κ1) is 34.0. The zero-order valence-electron chi connectivity index (χ0n) is 24.4. The molecule has 0 aromatic heterocycles. The number of nitrogens with zero attached hydrogens (tertiary/aromatic N) is 2. The van der Waals surface area contributed by atoms with Crippen molar-refractivity contribution in [1.82, 2.24) is 9.21 Å². The molecular weight excluding hydrogens is 525 g/mol. The van der Waals surface area contributed by atoms with Crippen molar-refractivity contribution >= 4 is 10.0 Å². The molecule has 2 rings (SSSR count). The maximum absolute atomic E-state index is 13.0. The topological polar surface area (TPSA) is 49.9 Å². The van der Waals surface area contributed by atoms with Gasteiger partial charge in [0.1, 0.15) is 0 Å². The Balaban J connectivity index is 1.64. The zero-order chi connectivity index (χ0) is 28.7. The van der Waals surface area contributed by atoms with Crippen molar-refractivity contribution in [3.05, 3.63) is 29.8 Å². The van der Waals surface area contributed by atoms with E-state index in [2.05, 4.69) is 18.7 Å². The first-order chi connectivity index (χ1) is 18.6. The van der Waals surface area contributed by atoms with E-state index in [1.165, 1.54) is 88.8 Å². The molecule has 5 nitrogen and oxygen atoms in total. The van der Waals surface area contributed by atoms with E-state index in [1.54, 1.807) is 0 Å². The van der Waals surface area contributed by atoms with Crippen molar-refractivity contribution in [3.63, 3.8) is 0 Å². The lowest BCUT2D eigenvalue weighted by Crippen LogP contribution is -2.40. The molecule has 0 radical (unpaired) electrons. The average Bonchev–Trinajstić information content (AvgIpc) is 2.92. The Morgan fingerprint density at radius 1 is 0.795 bits per heavy atom. The van der Waals surface area contributed by atoms with Gasteiger partial charge in [-0.05, 0) is 95.3 Å². The Morgan fingerprint density at radius 3 is 1.82 bits per heavy atom. The number of sulfonamides is 1. The summed E-state index contributed by atoms with van der Waals surface area (Å²) in [6, 6.07) is 3.56. The summed E-state index contributed by atoms with van der Waals surface area (Å²) in [7, 11) is -2.32. The summed E-state index contributed by atoms with van der Waals surface area (Å²) in [6.45, 7) is 8.90. The van der Waals surface area contributed by atoms with E-state index in [9.17, 15) is 21.6 Å². The van der Waals surface area contributed by atoms with Gasteiger partial charge in [0.05, 0.1) is 16.6 Å². The SMILES string of the molecule is CCCCCN(CCCCC)CCCCCCO[C@H]1CC[C@H](N(C)S(=O)(=O)c2ccc(C(F)(F)F)cc2)CC1. The molecule has 1 aromatic rings. The van der Waals surface area contributed by atoms with Crippen molar-refractivity contribution in [1.29, 1.82) is 0 Å². The Kier molecular flexibility index (Phi) is 15.4. The van der Waals surface area contributed by atoms with Gasteiger partial charge in [-0.15, -0.1) is 0 Å². The highest BCUT2D eigenvalue weighted by Gasteiger charge is 2.34. The van der Waals surface area contributed by atoms with Gasteiger partial charge in [0, 0.05) is 19.7 Å². The lowest BCUT2D eigenvalue weighted by atomic mass is 9.93. The number of halogens is 3. The van der Waals surface area contributed by atoms with E-state index < -0.39 is 21.8 Å². The maximum atomic E-state index is 13.0. The van der Waals surface area contributed by atoms with Crippen LogP contribution in [0.5, 0.6) is 0 Å². The van der Waals surface area contributed by atoms with Crippen LogP contribution in [0.2, 0.25) is 0 Å². The van der Waals surface area contributed by atoms with Gasteiger partial charge in [-0.1, -0.05) is 52.4 Å². The molecule has 0 amide bonds. The molecule has 0 spiro atoms. The number of benzene rings is 1. The van der Waals surface area contributed by atoms with Crippen molar-refractivity contribution in [2.75, 3.05) is 33.3 Å². The molecule has 0 N–H and O–H groups in total. The summed E-state index contributed by atoms with van der Waals surface area (Å²) < 4.78 is 71.8. The molecule has 0 atom stereocenters.